The highest BCUT2D eigenvalue weighted by atomic mass is 16.5. The molecule has 1 fully saturated rings. The summed E-state index contributed by atoms with van der Waals surface area (Å²) in [5.41, 5.74) is 1.07. The molecule has 5 rings (SSSR count). The summed E-state index contributed by atoms with van der Waals surface area (Å²) in [7, 11) is 0. The van der Waals surface area contributed by atoms with E-state index in [-0.39, 0.29) is 17.2 Å². The Kier molecular flexibility index (Phi) is 5.37. The van der Waals surface area contributed by atoms with E-state index in [2.05, 4.69) is 5.16 Å². The van der Waals surface area contributed by atoms with Crippen LogP contribution in [0.2, 0.25) is 0 Å². The molecule has 0 aliphatic carbocycles. The largest absolute Gasteiger partial charge is 0.507 e. The number of aliphatic hydroxyl groups is 1. The standard InChI is InChI=1S/C27H22N2O5/c1-3-33-21-12-10-18(11-13-21)24-23(26(31)27(32)29(24)22-14-16(2)34-28-22)25(30)20-9-8-17-6-4-5-7-19(17)15-20/h4-15,24,30H,3H2,1-2H3/b25-23+/t24-/m1/s1. The minimum atomic E-state index is -0.883. The molecule has 4 aromatic rings. The van der Waals surface area contributed by atoms with E-state index in [0.717, 1.165) is 10.8 Å². The first kappa shape index (κ1) is 21.5. The van der Waals surface area contributed by atoms with Gasteiger partial charge in [-0.15, -0.1) is 0 Å². The number of hydrogen-bond donors (Lipinski definition) is 1. The van der Waals surface area contributed by atoms with Gasteiger partial charge in [0.2, 0.25) is 0 Å². The monoisotopic (exact) mass is 454 g/mol. The van der Waals surface area contributed by atoms with Crippen LogP contribution in [0.3, 0.4) is 0 Å². The number of nitrogens with zero attached hydrogens (tertiary/aromatic N) is 2. The number of fused-ring (bicyclic) bond motifs is 1. The first-order valence-electron chi connectivity index (χ1n) is 10.9. The number of aromatic nitrogens is 1. The quantitative estimate of drug-likeness (QED) is 0.254. The summed E-state index contributed by atoms with van der Waals surface area (Å²) in [5.74, 6) is -0.451. The molecule has 2 heterocycles. The summed E-state index contributed by atoms with van der Waals surface area (Å²) in [6.45, 7) is 4.10. The zero-order valence-corrected chi connectivity index (χ0v) is 18.7. The topological polar surface area (TPSA) is 92.9 Å². The van der Waals surface area contributed by atoms with E-state index in [1.165, 1.54) is 4.90 Å². The molecule has 0 radical (unpaired) electrons. The van der Waals surface area contributed by atoms with Crippen LogP contribution in [0, 0.1) is 6.92 Å². The highest BCUT2D eigenvalue weighted by Crippen LogP contribution is 2.42. The predicted octanol–water partition coefficient (Wildman–Crippen LogP) is 5.16. The van der Waals surface area contributed by atoms with E-state index >= 15 is 0 Å². The molecule has 7 heteroatoms. The lowest BCUT2D eigenvalue weighted by Gasteiger charge is -2.23. The van der Waals surface area contributed by atoms with Gasteiger partial charge in [0.25, 0.3) is 5.78 Å². The zero-order chi connectivity index (χ0) is 23.8. The lowest BCUT2D eigenvalue weighted by Crippen LogP contribution is -2.29. The van der Waals surface area contributed by atoms with Gasteiger partial charge in [0.1, 0.15) is 17.3 Å². The highest BCUT2D eigenvalue weighted by molar-refractivity contribution is 6.51. The van der Waals surface area contributed by atoms with Crippen LogP contribution in [0.1, 0.15) is 29.9 Å². The Balaban J connectivity index is 1.69. The van der Waals surface area contributed by atoms with E-state index < -0.39 is 17.7 Å². The van der Waals surface area contributed by atoms with Gasteiger partial charge in [-0.3, -0.25) is 14.5 Å². The van der Waals surface area contributed by atoms with Crippen LogP contribution >= 0.6 is 0 Å². The maximum Gasteiger partial charge on any atom is 0.301 e. The molecule has 0 unspecified atom stereocenters. The number of ether oxygens (including phenoxy) is 1. The predicted molar refractivity (Wildman–Crippen MR) is 128 cm³/mol. The third-order valence-corrected chi connectivity index (χ3v) is 5.84. The lowest BCUT2D eigenvalue weighted by atomic mass is 9.94. The highest BCUT2D eigenvalue weighted by Gasteiger charge is 2.48. The second-order valence-electron chi connectivity index (χ2n) is 8.03. The average molecular weight is 454 g/mol. The Morgan fingerprint density at radius 3 is 2.44 bits per heavy atom. The van der Waals surface area contributed by atoms with Crippen molar-refractivity contribution in [2.45, 2.75) is 19.9 Å². The smallest absolute Gasteiger partial charge is 0.301 e. The number of rotatable bonds is 5. The number of ketones is 1. The van der Waals surface area contributed by atoms with E-state index in [1.807, 2.05) is 37.3 Å². The van der Waals surface area contributed by atoms with Crippen molar-refractivity contribution in [3.05, 3.63) is 95.3 Å². The molecule has 0 saturated carbocycles. The van der Waals surface area contributed by atoms with Crippen molar-refractivity contribution in [3.63, 3.8) is 0 Å². The number of hydrogen-bond acceptors (Lipinski definition) is 6. The van der Waals surface area contributed by atoms with Crippen molar-refractivity contribution in [2.75, 3.05) is 11.5 Å². The summed E-state index contributed by atoms with van der Waals surface area (Å²) < 4.78 is 10.7. The molecule has 170 valence electrons. The van der Waals surface area contributed by atoms with Crippen molar-refractivity contribution in [2.24, 2.45) is 0 Å². The molecule has 1 aliphatic heterocycles. The van der Waals surface area contributed by atoms with Gasteiger partial charge in [-0.25, -0.2) is 0 Å². The van der Waals surface area contributed by atoms with Gasteiger partial charge >= 0.3 is 5.91 Å². The van der Waals surface area contributed by atoms with Gasteiger partial charge in [-0.05, 0) is 48.4 Å². The molecule has 1 aliphatic rings. The summed E-state index contributed by atoms with van der Waals surface area (Å²) in [6, 6.07) is 20.9. The van der Waals surface area contributed by atoms with Gasteiger partial charge in [-0.1, -0.05) is 53.7 Å². The van der Waals surface area contributed by atoms with Crippen LogP contribution < -0.4 is 9.64 Å². The van der Waals surface area contributed by atoms with Crippen LogP contribution in [-0.2, 0) is 9.59 Å². The fourth-order valence-electron chi connectivity index (χ4n) is 4.26. The average Bonchev–Trinajstić information content (AvgIpc) is 3.39. The van der Waals surface area contributed by atoms with Gasteiger partial charge in [0.15, 0.2) is 5.82 Å². The summed E-state index contributed by atoms with van der Waals surface area (Å²) in [4.78, 5) is 27.7. The van der Waals surface area contributed by atoms with Gasteiger partial charge in [0, 0.05) is 11.6 Å². The van der Waals surface area contributed by atoms with Crippen LogP contribution in [0.25, 0.3) is 16.5 Å². The normalized spacial score (nSPS) is 17.5. The lowest BCUT2D eigenvalue weighted by molar-refractivity contribution is -0.132. The van der Waals surface area contributed by atoms with E-state index in [9.17, 15) is 14.7 Å². The molecule has 1 atom stereocenters. The number of anilines is 1. The molecule has 1 amide bonds. The Labute approximate surface area is 195 Å². The Hall–Kier alpha value is -4.39. The maximum atomic E-state index is 13.2. The SMILES string of the molecule is CCOc1ccc([C@@H]2/C(=C(\O)c3ccc4ccccc4c3)C(=O)C(=O)N2c2cc(C)on2)cc1. The molecule has 0 bridgehead atoms. The molecule has 34 heavy (non-hydrogen) atoms. The summed E-state index contributed by atoms with van der Waals surface area (Å²) in [6.07, 6.45) is 0. The van der Waals surface area contributed by atoms with Crippen LogP contribution in [0.5, 0.6) is 5.75 Å². The minimum Gasteiger partial charge on any atom is -0.507 e. The molecule has 7 nitrogen and oxygen atoms in total. The molecular formula is C27H22N2O5. The fraction of sp³-hybridized carbons (Fsp3) is 0.148. The van der Waals surface area contributed by atoms with E-state index in [1.54, 1.807) is 49.4 Å². The molecule has 3 aromatic carbocycles. The second-order valence-corrected chi connectivity index (χ2v) is 8.03. The van der Waals surface area contributed by atoms with Gasteiger partial charge < -0.3 is 14.4 Å². The second kappa shape index (κ2) is 8.51. The first-order valence-corrected chi connectivity index (χ1v) is 10.9. The van der Waals surface area contributed by atoms with Crippen molar-refractivity contribution < 1.29 is 24.0 Å². The zero-order valence-electron chi connectivity index (χ0n) is 18.7. The number of aliphatic hydroxyl groups excluding tert-OH is 1. The Bertz CT molecular complexity index is 1430. The third-order valence-electron chi connectivity index (χ3n) is 5.84. The maximum absolute atomic E-state index is 13.2. The van der Waals surface area contributed by atoms with Crippen molar-refractivity contribution in [1.29, 1.82) is 0 Å². The van der Waals surface area contributed by atoms with E-state index in [0.29, 0.717) is 29.2 Å². The summed E-state index contributed by atoms with van der Waals surface area (Å²) in [5, 5.41) is 17.2. The number of Topliss-reactive ketones (excluding diaryl/α,β-unsaturated/α-hetero) is 1. The van der Waals surface area contributed by atoms with Crippen molar-refractivity contribution in [3.8, 4) is 5.75 Å². The number of benzene rings is 3. The number of carbonyl (C=O) groups excluding carboxylic acids is 2. The van der Waals surface area contributed by atoms with Crippen LogP contribution in [0.4, 0.5) is 5.82 Å². The van der Waals surface area contributed by atoms with Crippen molar-refractivity contribution >= 4 is 34.0 Å². The van der Waals surface area contributed by atoms with Crippen molar-refractivity contribution in [1.82, 2.24) is 5.16 Å². The Morgan fingerprint density at radius 1 is 1.03 bits per heavy atom. The number of aryl methyl sites for hydroxylation is 1. The number of carbonyl (C=O) groups is 2. The van der Waals surface area contributed by atoms with Gasteiger partial charge in [0.05, 0.1) is 18.2 Å². The summed E-state index contributed by atoms with van der Waals surface area (Å²) >= 11 is 0. The molecule has 1 N–H and O–H groups in total. The van der Waals surface area contributed by atoms with Crippen LogP contribution in [-0.4, -0.2) is 28.6 Å². The number of amides is 1. The third kappa shape index (κ3) is 3.61. The molecule has 0 spiro atoms. The molecule has 1 saturated heterocycles. The fourth-order valence-corrected chi connectivity index (χ4v) is 4.26. The van der Waals surface area contributed by atoms with Gasteiger partial charge in [-0.2, -0.15) is 0 Å². The first-order chi connectivity index (χ1) is 16.5. The molecular weight excluding hydrogens is 432 g/mol. The minimum absolute atomic E-state index is 0.00917. The van der Waals surface area contributed by atoms with Crippen LogP contribution in [0.15, 0.2) is 82.9 Å². The Morgan fingerprint density at radius 2 is 1.76 bits per heavy atom. The molecule has 1 aromatic heterocycles. The van der Waals surface area contributed by atoms with E-state index in [4.69, 9.17) is 9.26 Å².